The minimum Gasteiger partial charge on any atom is -0.298 e. The van der Waals surface area contributed by atoms with Crippen LogP contribution in [0.3, 0.4) is 0 Å². The molecule has 0 bridgehead atoms. The van der Waals surface area contributed by atoms with Crippen LogP contribution in [0, 0.1) is 13.8 Å². The molecule has 0 aliphatic heterocycles. The summed E-state index contributed by atoms with van der Waals surface area (Å²) in [5.74, 6) is -0.283. The van der Waals surface area contributed by atoms with Gasteiger partial charge in [-0.15, -0.1) is 11.3 Å². The Morgan fingerprint density at radius 3 is 2.33 bits per heavy atom. The van der Waals surface area contributed by atoms with E-state index < -0.39 is 9.84 Å². The van der Waals surface area contributed by atoms with Crippen molar-refractivity contribution in [3.63, 3.8) is 0 Å². The van der Waals surface area contributed by atoms with Gasteiger partial charge in [-0.1, -0.05) is 12.1 Å². The number of thiazole rings is 1. The largest absolute Gasteiger partial charge is 0.298 e. The molecule has 0 unspecified atom stereocenters. The van der Waals surface area contributed by atoms with E-state index in [0.717, 1.165) is 10.6 Å². The van der Waals surface area contributed by atoms with Crippen molar-refractivity contribution in [2.45, 2.75) is 19.6 Å². The van der Waals surface area contributed by atoms with Gasteiger partial charge < -0.3 is 0 Å². The SMILES string of the molecule is Cc1nc(NC(=O)c2ccc(CS(C)(=O)=O)cc2)sc1C. The van der Waals surface area contributed by atoms with Crippen LogP contribution in [-0.4, -0.2) is 25.6 Å². The number of nitrogens with one attached hydrogen (secondary N) is 1. The normalized spacial score (nSPS) is 11.4. The Kier molecular flexibility index (Phi) is 4.43. The van der Waals surface area contributed by atoms with Gasteiger partial charge in [-0.05, 0) is 31.5 Å². The summed E-state index contributed by atoms with van der Waals surface area (Å²) in [7, 11) is -3.07. The lowest BCUT2D eigenvalue weighted by molar-refractivity contribution is 0.102. The highest BCUT2D eigenvalue weighted by molar-refractivity contribution is 7.89. The maximum atomic E-state index is 12.1. The van der Waals surface area contributed by atoms with Crippen LogP contribution in [0.2, 0.25) is 0 Å². The van der Waals surface area contributed by atoms with Crippen LogP contribution in [0.5, 0.6) is 0 Å². The Morgan fingerprint density at radius 2 is 1.86 bits per heavy atom. The first kappa shape index (κ1) is 15.7. The van der Waals surface area contributed by atoms with Gasteiger partial charge in [0.15, 0.2) is 15.0 Å². The average Bonchev–Trinajstić information content (AvgIpc) is 2.67. The molecule has 1 aromatic carbocycles. The van der Waals surface area contributed by atoms with E-state index in [1.807, 2.05) is 13.8 Å². The number of hydrogen-bond acceptors (Lipinski definition) is 5. The smallest absolute Gasteiger partial charge is 0.257 e. The van der Waals surface area contributed by atoms with Gasteiger partial charge in [0.05, 0.1) is 11.4 Å². The molecule has 112 valence electrons. The minimum absolute atomic E-state index is 0.0280. The zero-order chi connectivity index (χ0) is 15.6. The van der Waals surface area contributed by atoms with Gasteiger partial charge in [-0.25, -0.2) is 13.4 Å². The molecule has 21 heavy (non-hydrogen) atoms. The minimum atomic E-state index is -3.07. The van der Waals surface area contributed by atoms with Crippen molar-refractivity contribution in [2.24, 2.45) is 0 Å². The van der Waals surface area contributed by atoms with E-state index in [4.69, 9.17) is 0 Å². The lowest BCUT2D eigenvalue weighted by Crippen LogP contribution is -2.11. The van der Waals surface area contributed by atoms with Gasteiger partial charge >= 0.3 is 0 Å². The first-order chi connectivity index (χ1) is 9.74. The highest BCUT2D eigenvalue weighted by atomic mass is 32.2. The standard InChI is InChI=1S/C14H16N2O3S2/c1-9-10(2)20-14(15-9)16-13(17)12-6-4-11(5-7-12)8-21(3,18)19/h4-7H,8H2,1-3H3,(H,15,16,17). The number of hydrogen-bond donors (Lipinski definition) is 1. The Hall–Kier alpha value is -1.73. The summed E-state index contributed by atoms with van der Waals surface area (Å²) < 4.78 is 22.4. The highest BCUT2D eigenvalue weighted by Crippen LogP contribution is 2.21. The van der Waals surface area contributed by atoms with Crippen LogP contribution in [-0.2, 0) is 15.6 Å². The second-order valence-electron chi connectivity index (χ2n) is 4.88. The summed E-state index contributed by atoms with van der Waals surface area (Å²) in [6, 6.07) is 6.52. The van der Waals surface area contributed by atoms with Crippen molar-refractivity contribution < 1.29 is 13.2 Å². The summed E-state index contributed by atoms with van der Waals surface area (Å²) >= 11 is 1.43. The Morgan fingerprint density at radius 1 is 1.24 bits per heavy atom. The third kappa shape index (κ3) is 4.37. The number of aromatic nitrogens is 1. The van der Waals surface area contributed by atoms with Crippen molar-refractivity contribution in [3.8, 4) is 0 Å². The lowest BCUT2D eigenvalue weighted by Gasteiger charge is -2.03. The number of amides is 1. The number of aryl methyl sites for hydroxylation is 2. The van der Waals surface area contributed by atoms with E-state index in [1.54, 1.807) is 24.3 Å². The fourth-order valence-corrected chi connectivity index (χ4v) is 3.36. The first-order valence-corrected chi connectivity index (χ1v) is 9.14. The molecule has 0 spiro atoms. The second-order valence-corrected chi connectivity index (χ2v) is 8.23. The van der Waals surface area contributed by atoms with Gasteiger partial charge in [-0.2, -0.15) is 0 Å². The molecule has 1 aromatic heterocycles. The monoisotopic (exact) mass is 324 g/mol. The van der Waals surface area contributed by atoms with Crippen molar-refractivity contribution in [1.82, 2.24) is 4.98 Å². The van der Waals surface area contributed by atoms with Gasteiger partial charge in [0.25, 0.3) is 5.91 Å². The van der Waals surface area contributed by atoms with E-state index >= 15 is 0 Å². The highest BCUT2D eigenvalue weighted by Gasteiger charge is 2.11. The molecule has 1 amide bonds. The van der Waals surface area contributed by atoms with Crippen molar-refractivity contribution >= 4 is 32.2 Å². The van der Waals surface area contributed by atoms with Crippen molar-refractivity contribution in [3.05, 3.63) is 46.0 Å². The van der Waals surface area contributed by atoms with Crippen molar-refractivity contribution in [2.75, 3.05) is 11.6 Å². The predicted octanol–water partition coefficient (Wildman–Crippen LogP) is 2.56. The van der Waals surface area contributed by atoms with Gasteiger partial charge in [0.2, 0.25) is 0 Å². The Labute approximate surface area is 128 Å². The van der Waals surface area contributed by atoms with Crippen molar-refractivity contribution in [1.29, 1.82) is 0 Å². The summed E-state index contributed by atoms with van der Waals surface area (Å²) in [6.07, 6.45) is 1.18. The topological polar surface area (TPSA) is 76.1 Å². The third-order valence-electron chi connectivity index (χ3n) is 2.89. The molecule has 0 fully saturated rings. The number of nitrogens with zero attached hydrogens (tertiary/aromatic N) is 1. The maximum Gasteiger partial charge on any atom is 0.257 e. The summed E-state index contributed by atoms with van der Waals surface area (Å²) in [4.78, 5) is 17.4. The van der Waals surface area contributed by atoms with Crippen LogP contribution in [0.15, 0.2) is 24.3 Å². The fraction of sp³-hybridized carbons (Fsp3) is 0.286. The molecule has 0 aliphatic rings. The molecule has 0 saturated heterocycles. The number of anilines is 1. The van der Waals surface area contributed by atoms with E-state index in [0.29, 0.717) is 16.3 Å². The summed E-state index contributed by atoms with van der Waals surface area (Å²) in [6.45, 7) is 3.84. The van der Waals surface area contributed by atoms with E-state index in [2.05, 4.69) is 10.3 Å². The van der Waals surface area contributed by atoms with E-state index in [1.165, 1.54) is 17.6 Å². The van der Waals surface area contributed by atoms with Gasteiger partial charge in [0.1, 0.15) is 0 Å². The Bertz CT molecular complexity index is 743. The molecule has 5 nitrogen and oxygen atoms in total. The molecule has 2 rings (SSSR count). The van der Waals surface area contributed by atoms with Crippen LogP contribution in [0.25, 0.3) is 0 Å². The maximum absolute atomic E-state index is 12.1. The number of carbonyl (C=O) groups is 1. The number of benzene rings is 1. The molecule has 0 saturated carbocycles. The van der Waals surface area contributed by atoms with E-state index in [-0.39, 0.29) is 11.7 Å². The lowest BCUT2D eigenvalue weighted by atomic mass is 10.1. The average molecular weight is 324 g/mol. The van der Waals surface area contributed by atoms with Crippen LogP contribution >= 0.6 is 11.3 Å². The fourth-order valence-electron chi connectivity index (χ4n) is 1.75. The molecular weight excluding hydrogens is 308 g/mol. The first-order valence-electron chi connectivity index (χ1n) is 6.26. The zero-order valence-corrected chi connectivity index (χ0v) is 13.6. The zero-order valence-electron chi connectivity index (χ0n) is 12.0. The molecule has 1 heterocycles. The van der Waals surface area contributed by atoms with Crippen LogP contribution in [0.1, 0.15) is 26.5 Å². The summed E-state index contributed by atoms with van der Waals surface area (Å²) in [5, 5.41) is 3.30. The van der Waals surface area contributed by atoms with Gasteiger partial charge in [0, 0.05) is 16.7 Å². The molecule has 0 radical (unpaired) electrons. The molecule has 2 aromatic rings. The Balaban J connectivity index is 2.09. The van der Waals surface area contributed by atoms with E-state index in [9.17, 15) is 13.2 Å². The van der Waals surface area contributed by atoms with Crippen LogP contribution < -0.4 is 5.32 Å². The quantitative estimate of drug-likeness (QED) is 0.938. The molecule has 0 atom stereocenters. The molecule has 7 heteroatoms. The predicted molar refractivity (Wildman–Crippen MR) is 84.5 cm³/mol. The molecular formula is C14H16N2O3S2. The van der Waals surface area contributed by atoms with Crippen LogP contribution in [0.4, 0.5) is 5.13 Å². The molecule has 0 aliphatic carbocycles. The molecule has 1 N–H and O–H groups in total. The number of sulfone groups is 1. The summed E-state index contributed by atoms with van der Waals surface area (Å²) in [5.41, 5.74) is 2.03. The second kappa shape index (κ2) is 5.95. The number of rotatable bonds is 4. The van der Waals surface area contributed by atoms with Gasteiger partial charge in [-0.3, -0.25) is 10.1 Å². The third-order valence-corrected chi connectivity index (χ3v) is 4.74. The number of carbonyl (C=O) groups excluding carboxylic acids is 1.